The Balaban J connectivity index is 1.52. The van der Waals surface area contributed by atoms with Crippen molar-refractivity contribution in [2.45, 2.75) is 32.4 Å². The maximum atomic E-state index is 12.3. The highest BCUT2D eigenvalue weighted by Crippen LogP contribution is 2.34. The van der Waals surface area contributed by atoms with Crippen molar-refractivity contribution in [3.63, 3.8) is 0 Å². The Morgan fingerprint density at radius 2 is 2.08 bits per heavy atom. The van der Waals surface area contributed by atoms with Crippen molar-refractivity contribution in [2.75, 3.05) is 26.4 Å². The Morgan fingerprint density at radius 3 is 2.83 bits per heavy atom. The van der Waals surface area contributed by atoms with Crippen LogP contribution in [0.1, 0.15) is 18.7 Å². The molecule has 2 aliphatic rings. The van der Waals surface area contributed by atoms with Gasteiger partial charge in [0.25, 0.3) is 0 Å². The lowest BCUT2D eigenvalue weighted by atomic mass is 10.2. The summed E-state index contributed by atoms with van der Waals surface area (Å²) in [6, 6.07) is 3.77. The second-order valence-electron chi connectivity index (χ2n) is 6.17. The summed E-state index contributed by atoms with van der Waals surface area (Å²) in [5.74, 6) is 2.17. The maximum Gasteiger partial charge on any atom is 0.240 e. The van der Waals surface area contributed by atoms with Crippen molar-refractivity contribution in [3.8, 4) is 11.5 Å². The number of benzene rings is 1. The number of nitrogens with one attached hydrogen (secondary N) is 1. The van der Waals surface area contributed by atoms with Gasteiger partial charge in [-0.1, -0.05) is 0 Å². The molecule has 7 heteroatoms. The summed E-state index contributed by atoms with van der Waals surface area (Å²) in [4.78, 5) is 16.8. The molecule has 1 aromatic carbocycles. The zero-order valence-corrected chi connectivity index (χ0v) is 13.7. The molecule has 128 valence electrons. The van der Waals surface area contributed by atoms with E-state index >= 15 is 0 Å². The van der Waals surface area contributed by atoms with E-state index in [2.05, 4.69) is 10.3 Å². The van der Waals surface area contributed by atoms with Gasteiger partial charge in [-0.15, -0.1) is 0 Å². The lowest BCUT2D eigenvalue weighted by Crippen LogP contribution is -2.34. The van der Waals surface area contributed by atoms with Crippen LogP contribution in [0.15, 0.2) is 12.1 Å². The molecular formula is C17H21N3O4. The third-order valence-electron chi connectivity index (χ3n) is 4.46. The number of fused-ring (bicyclic) bond motifs is 2. The van der Waals surface area contributed by atoms with E-state index in [0.717, 1.165) is 36.3 Å². The SMILES string of the molecule is Cc1nc2cc3c(cc2n1CC(=O)NC[C@H]1CCCO1)OCCO3. The molecule has 0 radical (unpaired) electrons. The number of hydrogen-bond acceptors (Lipinski definition) is 5. The van der Waals surface area contributed by atoms with Gasteiger partial charge < -0.3 is 24.1 Å². The van der Waals surface area contributed by atoms with Crippen LogP contribution < -0.4 is 14.8 Å². The minimum atomic E-state index is -0.0391. The molecule has 0 bridgehead atoms. The zero-order valence-electron chi connectivity index (χ0n) is 13.7. The van der Waals surface area contributed by atoms with Gasteiger partial charge in [-0.3, -0.25) is 4.79 Å². The molecular weight excluding hydrogens is 310 g/mol. The van der Waals surface area contributed by atoms with E-state index in [1.54, 1.807) is 0 Å². The number of ether oxygens (including phenoxy) is 3. The van der Waals surface area contributed by atoms with E-state index < -0.39 is 0 Å². The summed E-state index contributed by atoms with van der Waals surface area (Å²) in [5, 5.41) is 2.95. The molecule has 0 aliphatic carbocycles. The molecule has 3 heterocycles. The Hall–Kier alpha value is -2.28. The first kappa shape index (κ1) is 15.3. The third-order valence-corrected chi connectivity index (χ3v) is 4.46. The summed E-state index contributed by atoms with van der Waals surface area (Å²) in [6.45, 7) is 4.57. The van der Waals surface area contributed by atoms with Gasteiger partial charge in [0.15, 0.2) is 11.5 Å². The van der Waals surface area contributed by atoms with E-state index in [9.17, 15) is 4.79 Å². The third kappa shape index (κ3) is 2.91. The standard InChI is InChI=1S/C17H21N3O4/c1-11-19-13-7-15-16(24-6-5-23-15)8-14(13)20(11)10-17(21)18-9-12-3-2-4-22-12/h7-8,12H,2-6,9-10H2,1H3,(H,18,21)/t12-/m1/s1. The molecule has 4 rings (SSSR count). The molecule has 0 unspecified atom stereocenters. The fourth-order valence-electron chi connectivity index (χ4n) is 3.21. The van der Waals surface area contributed by atoms with E-state index in [0.29, 0.717) is 31.3 Å². The lowest BCUT2D eigenvalue weighted by molar-refractivity contribution is -0.122. The van der Waals surface area contributed by atoms with Gasteiger partial charge in [0, 0.05) is 25.3 Å². The van der Waals surface area contributed by atoms with Crippen LogP contribution in [-0.4, -0.2) is 47.9 Å². The van der Waals surface area contributed by atoms with Crippen molar-refractivity contribution in [1.82, 2.24) is 14.9 Å². The number of carbonyl (C=O) groups is 1. The number of aromatic nitrogens is 2. The highest BCUT2D eigenvalue weighted by molar-refractivity contribution is 5.83. The van der Waals surface area contributed by atoms with Crippen LogP contribution in [0.2, 0.25) is 0 Å². The van der Waals surface area contributed by atoms with Gasteiger partial charge in [-0.05, 0) is 19.8 Å². The number of aryl methyl sites for hydroxylation is 1. The van der Waals surface area contributed by atoms with Gasteiger partial charge in [-0.25, -0.2) is 4.98 Å². The number of rotatable bonds is 4. The van der Waals surface area contributed by atoms with E-state index in [4.69, 9.17) is 14.2 Å². The molecule has 1 aromatic heterocycles. The maximum absolute atomic E-state index is 12.3. The first-order valence-electron chi connectivity index (χ1n) is 8.35. The van der Waals surface area contributed by atoms with E-state index in [-0.39, 0.29) is 18.6 Å². The number of hydrogen-bond donors (Lipinski definition) is 1. The minimum Gasteiger partial charge on any atom is -0.486 e. The molecule has 2 aromatic rings. The zero-order chi connectivity index (χ0) is 16.5. The lowest BCUT2D eigenvalue weighted by Gasteiger charge is -2.18. The van der Waals surface area contributed by atoms with Crippen molar-refractivity contribution < 1.29 is 19.0 Å². The summed E-state index contributed by atoms with van der Waals surface area (Å²) in [7, 11) is 0. The molecule has 7 nitrogen and oxygen atoms in total. The Morgan fingerprint density at radius 1 is 1.29 bits per heavy atom. The molecule has 1 amide bonds. The molecule has 1 atom stereocenters. The minimum absolute atomic E-state index is 0.0391. The van der Waals surface area contributed by atoms with E-state index in [1.807, 2.05) is 23.6 Å². The predicted molar refractivity (Wildman–Crippen MR) is 87.4 cm³/mol. The fraction of sp³-hybridized carbons (Fsp3) is 0.529. The number of nitrogens with zero attached hydrogens (tertiary/aromatic N) is 2. The predicted octanol–water partition coefficient (Wildman–Crippen LogP) is 1.41. The number of carbonyl (C=O) groups excluding carboxylic acids is 1. The average Bonchev–Trinajstić information content (AvgIpc) is 3.20. The fourth-order valence-corrected chi connectivity index (χ4v) is 3.21. The topological polar surface area (TPSA) is 74.6 Å². The van der Waals surface area contributed by atoms with Crippen LogP contribution in [-0.2, 0) is 16.1 Å². The molecule has 24 heavy (non-hydrogen) atoms. The number of imidazole rings is 1. The Labute approximate surface area is 139 Å². The van der Waals surface area contributed by atoms with Crippen LogP contribution in [0, 0.1) is 6.92 Å². The highest BCUT2D eigenvalue weighted by Gasteiger charge is 2.19. The van der Waals surface area contributed by atoms with Crippen molar-refractivity contribution in [1.29, 1.82) is 0 Å². The van der Waals surface area contributed by atoms with Crippen molar-refractivity contribution in [3.05, 3.63) is 18.0 Å². The first-order valence-corrected chi connectivity index (χ1v) is 8.35. The van der Waals surface area contributed by atoms with Gasteiger partial charge in [-0.2, -0.15) is 0 Å². The van der Waals surface area contributed by atoms with Gasteiger partial charge in [0.2, 0.25) is 5.91 Å². The molecule has 1 N–H and O–H groups in total. The monoisotopic (exact) mass is 331 g/mol. The second kappa shape index (κ2) is 6.32. The smallest absolute Gasteiger partial charge is 0.240 e. The van der Waals surface area contributed by atoms with Crippen LogP contribution in [0.3, 0.4) is 0 Å². The van der Waals surface area contributed by atoms with Gasteiger partial charge in [0.05, 0.1) is 17.1 Å². The summed E-state index contributed by atoms with van der Waals surface area (Å²) < 4.78 is 18.7. The number of amides is 1. The van der Waals surface area contributed by atoms with E-state index in [1.165, 1.54) is 0 Å². The quantitative estimate of drug-likeness (QED) is 0.917. The van der Waals surface area contributed by atoms with Crippen LogP contribution in [0.25, 0.3) is 11.0 Å². The molecule has 1 saturated heterocycles. The molecule has 0 spiro atoms. The summed E-state index contributed by atoms with van der Waals surface area (Å²) in [5.41, 5.74) is 1.69. The average molecular weight is 331 g/mol. The summed E-state index contributed by atoms with van der Waals surface area (Å²) >= 11 is 0. The Bertz CT molecular complexity index is 765. The first-order chi connectivity index (χ1) is 11.7. The molecule has 2 aliphatic heterocycles. The largest absolute Gasteiger partial charge is 0.486 e. The van der Waals surface area contributed by atoms with Crippen LogP contribution >= 0.6 is 0 Å². The normalized spacial score (nSPS) is 19.6. The molecule has 1 fully saturated rings. The Kier molecular flexibility index (Phi) is 4.02. The van der Waals surface area contributed by atoms with Crippen LogP contribution in [0.4, 0.5) is 0 Å². The van der Waals surface area contributed by atoms with Crippen molar-refractivity contribution in [2.24, 2.45) is 0 Å². The second-order valence-corrected chi connectivity index (χ2v) is 6.17. The summed E-state index contributed by atoms with van der Waals surface area (Å²) in [6.07, 6.45) is 2.22. The van der Waals surface area contributed by atoms with Crippen molar-refractivity contribution >= 4 is 16.9 Å². The van der Waals surface area contributed by atoms with Gasteiger partial charge in [0.1, 0.15) is 25.6 Å². The van der Waals surface area contributed by atoms with Crippen LogP contribution in [0.5, 0.6) is 11.5 Å². The highest BCUT2D eigenvalue weighted by atomic mass is 16.6. The van der Waals surface area contributed by atoms with Gasteiger partial charge >= 0.3 is 0 Å². The molecule has 0 saturated carbocycles.